The molecule has 0 aliphatic carbocycles. The molecule has 132 valence electrons. The van der Waals surface area contributed by atoms with E-state index in [1.54, 1.807) is 25.1 Å². The quantitative estimate of drug-likeness (QED) is 0.846. The highest BCUT2D eigenvalue weighted by Gasteiger charge is 2.35. The van der Waals surface area contributed by atoms with Crippen LogP contribution in [0.15, 0.2) is 22.7 Å². The van der Waals surface area contributed by atoms with Gasteiger partial charge in [-0.25, -0.2) is 0 Å². The Morgan fingerprint density at radius 2 is 1.88 bits per heavy atom. The first-order valence-electron chi connectivity index (χ1n) is 8.50. The molecule has 2 aliphatic rings. The zero-order valence-corrected chi connectivity index (χ0v) is 15.3. The van der Waals surface area contributed by atoms with E-state index in [0.717, 1.165) is 12.8 Å². The number of nitrogens with zero attached hydrogens (tertiary/aromatic N) is 1. The van der Waals surface area contributed by atoms with E-state index in [2.05, 4.69) is 15.8 Å². The highest BCUT2D eigenvalue weighted by molar-refractivity contribution is 6.39. The van der Waals surface area contributed by atoms with Gasteiger partial charge >= 0.3 is 0 Å². The molecule has 2 N–H and O–H groups in total. The van der Waals surface area contributed by atoms with Crippen LogP contribution in [0.1, 0.15) is 41.8 Å². The molecule has 1 aromatic carbocycles. The Labute approximate surface area is 156 Å². The fourth-order valence-electron chi connectivity index (χ4n) is 3.97. The number of benzene rings is 1. The Kier molecular flexibility index (Phi) is 4.48. The van der Waals surface area contributed by atoms with Gasteiger partial charge in [0.15, 0.2) is 0 Å². The molecule has 0 saturated carbocycles. The minimum Gasteiger partial charge on any atom is -0.360 e. The van der Waals surface area contributed by atoms with Crippen molar-refractivity contribution in [2.45, 2.75) is 50.7 Å². The average molecular weight is 380 g/mol. The van der Waals surface area contributed by atoms with Crippen molar-refractivity contribution in [3.8, 4) is 11.3 Å². The lowest BCUT2D eigenvalue weighted by Gasteiger charge is -2.29. The summed E-state index contributed by atoms with van der Waals surface area (Å²) >= 11 is 12.6. The summed E-state index contributed by atoms with van der Waals surface area (Å²) in [6.07, 6.45) is 4.27. The molecule has 2 fully saturated rings. The first-order valence-corrected chi connectivity index (χ1v) is 9.26. The van der Waals surface area contributed by atoms with Crippen LogP contribution < -0.4 is 10.6 Å². The summed E-state index contributed by atoms with van der Waals surface area (Å²) in [5.41, 5.74) is 1.32. The minimum atomic E-state index is -0.184. The van der Waals surface area contributed by atoms with Crippen LogP contribution in [0.5, 0.6) is 0 Å². The Balaban J connectivity index is 1.62. The Morgan fingerprint density at radius 3 is 2.52 bits per heavy atom. The largest absolute Gasteiger partial charge is 0.360 e. The highest BCUT2D eigenvalue weighted by atomic mass is 35.5. The van der Waals surface area contributed by atoms with Crippen molar-refractivity contribution < 1.29 is 9.32 Å². The second-order valence-electron chi connectivity index (χ2n) is 6.84. The first-order chi connectivity index (χ1) is 12.0. The number of hydrogen-bond donors (Lipinski definition) is 2. The number of nitrogens with one attached hydrogen (secondary N) is 2. The number of aromatic nitrogens is 1. The summed E-state index contributed by atoms with van der Waals surface area (Å²) in [6.45, 7) is 1.72. The molecule has 4 rings (SSSR count). The second kappa shape index (κ2) is 6.63. The Morgan fingerprint density at radius 1 is 1.24 bits per heavy atom. The van der Waals surface area contributed by atoms with Crippen LogP contribution in [-0.4, -0.2) is 29.2 Å². The van der Waals surface area contributed by atoms with E-state index in [-0.39, 0.29) is 11.9 Å². The Hall–Kier alpha value is -1.56. The van der Waals surface area contributed by atoms with Crippen LogP contribution in [-0.2, 0) is 0 Å². The number of aryl methyl sites for hydroxylation is 1. The van der Waals surface area contributed by atoms with E-state index in [1.165, 1.54) is 12.8 Å². The molecule has 0 radical (unpaired) electrons. The van der Waals surface area contributed by atoms with Crippen LogP contribution in [0.2, 0.25) is 10.0 Å². The van der Waals surface area contributed by atoms with Gasteiger partial charge < -0.3 is 15.2 Å². The zero-order chi connectivity index (χ0) is 17.6. The summed E-state index contributed by atoms with van der Waals surface area (Å²) in [5, 5.41) is 11.6. The fraction of sp³-hybridized carbons (Fsp3) is 0.444. The molecular formula is C18H19Cl2N3O2. The van der Waals surface area contributed by atoms with Gasteiger partial charge in [0, 0.05) is 23.7 Å². The number of piperidine rings is 1. The van der Waals surface area contributed by atoms with Gasteiger partial charge in [-0.2, -0.15) is 0 Å². The maximum Gasteiger partial charge on any atom is 0.257 e. The molecule has 2 aromatic rings. The van der Waals surface area contributed by atoms with E-state index >= 15 is 0 Å². The number of halogens is 2. The SMILES string of the molecule is Cc1onc(-c2c(Cl)cccc2Cl)c1C(=O)NC1CC2CCC(C1)N2. The van der Waals surface area contributed by atoms with Gasteiger partial charge in [0.25, 0.3) is 5.91 Å². The zero-order valence-electron chi connectivity index (χ0n) is 13.8. The molecule has 2 aliphatic heterocycles. The maximum atomic E-state index is 12.9. The number of fused-ring (bicyclic) bond motifs is 2. The second-order valence-corrected chi connectivity index (χ2v) is 7.65. The van der Waals surface area contributed by atoms with Gasteiger partial charge in [-0.3, -0.25) is 4.79 Å². The van der Waals surface area contributed by atoms with Gasteiger partial charge in [0.05, 0.1) is 10.0 Å². The molecular weight excluding hydrogens is 361 g/mol. The molecule has 5 nitrogen and oxygen atoms in total. The lowest BCUT2D eigenvalue weighted by Crippen LogP contribution is -2.48. The number of hydrogen-bond acceptors (Lipinski definition) is 4. The van der Waals surface area contributed by atoms with E-state index in [9.17, 15) is 4.79 Å². The van der Waals surface area contributed by atoms with E-state index in [4.69, 9.17) is 27.7 Å². The summed E-state index contributed by atoms with van der Waals surface area (Å²) in [6, 6.07) is 6.37. The summed E-state index contributed by atoms with van der Waals surface area (Å²) in [7, 11) is 0. The third-order valence-electron chi connectivity index (χ3n) is 5.10. The van der Waals surface area contributed by atoms with Crippen molar-refractivity contribution >= 4 is 29.1 Å². The molecule has 0 spiro atoms. The minimum absolute atomic E-state index is 0.162. The normalized spacial score (nSPS) is 25.2. The number of amides is 1. The van der Waals surface area contributed by atoms with Crippen LogP contribution in [0.25, 0.3) is 11.3 Å². The lowest BCUT2D eigenvalue weighted by molar-refractivity contribution is 0.0923. The van der Waals surface area contributed by atoms with Crippen molar-refractivity contribution in [1.29, 1.82) is 0 Å². The van der Waals surface area contributed by atoms with E-state index in [1.807, 2.05) is 0 Å². The molecule has 2 atom stereocenters. The molecule has 3 heterocycles. The topological polar surface area (TPSA) is 67.2 Å². The van der Waals surface area contributed by atoms with Crippen LogP contribution >= 0.6 is 23.2 Å². The van der Waals surface area contributed by atoms with Crippen molar-refractivity contribution in [1.82, 2.24) is 15.8 Å². The monoisotopic (exact) mass is 379 g/mol. The first kappa shape index (κ1) is 16.9. The van der Waals surface area contributed by atoms with Gasteiger partial charge in [-0.1, -0.05) is 34.4 Å². The van der Waals surface area contributed by atoms with Crippen molar-refractivity contribution in [2.75, 3.05) is 0 Å². The predicted octanol–water partition coefficient (Wildman–Crippen LogP) is 3.97. The number of carbonyl (C=O) groups excluding carboxylic acids is 1. The third-order valence-corrected chi connectivity index (χ3v) is 5.73. The van der Waals surface area contributed by atoms with Crippen LogP contribution in [0.4, 0.5) is 0 Å². The number of rotatable bonds is 3. The fourth-order valence-corrected chi connectivity index (χ4v) is 4.54. The molecule has 2 bridgehead atoms. The van der Waals surface area contributed by atoms with Gasteiger partial charge in [0.2, 0.25) is 0 Å². The lowest BCUT2D eigenvalue weighted by atomic mass is 9.98. The number of carbonyl (C=O) groups is 1. The third kappa shape index (κ3) is 3.16. The summed E-state index contributed by atoms with van der Waals surface area (Å²) in [4.78, 5) is 12.9. The molecule has 7 heteroatoms. The van der Waals surface area contributed by atoms with Crippen LogP contribution in [0.3, 0.4) is 0 Å². The summed E-state index contributed by atoms with van der Waals surface area (Å²) in [5.74, 6) is 0.274. The Bertz CT molecular complexity index is 788. The molecule has 1 amide bonds. The van der Waals surface area contributed by atoms with Crippen molar-refractivity contribution in [3.63, 3.8) is 0 Å². The van der Waals surface area contributed by atoms with E-state index in [0.29, 0.717) is 44.7 Å². The molecule has 25 heavy (non-hydrogen) atoms. The molecule has 1 aromatic heterocycles. The predicted molar refractivity (Wildman–Crippen MR) is 97.1 cm³/mol. The van der Waals surface area contributed by atoms with Gasteiger partial charge in [-0.05, 0) is 44.7 Å². The average Bonchev–Trinajstić information content (AvgIpc) is 3.10. The molecule has 2 saturated heterocycles. The maximum absolute atomic E-state index is 12.9. The summed E-state index contributed by atoms with van der Waals surface area (Å²) < 4.78 is 5.28. The molecule has 2 unspecified atom stereocenters. The van der Waals surface area contributed by atoms with E-state index < -0.39 is 0 Å². The highest BCUT2D eigenvalue weighted by Crippen LogP contribution is 2.37. The van der Waals surface area contributed by atoms with Gasteiger partial charge in [0.1, 0.15) is 17.0 Å². The van der Waals surface area contributed by atoms with Crippen molar-refractivity contribution in [2.24, 2.45) is 0 Å². The van der Waals surface area contributed by atoms with Gasteiger partial charge in [-0.15, -0.1) is 0 Å². The standard InChI is InChI=1S/C18H19Cl2N3O2/c1-9-15(17(23-25-9)16-13(19)3-2-4-14(16)20)18(24)22-12-7-10-5-6-11(8-12)21-10/h2-4,10-12,21H,5-8H2,1H3,(H,22,24). The van der Waals surface area contributed by atoms with Crippen molar-refractivity contribution in [3.05, 3.63) is 39.6 Å². The smallest absolute Gasteiger partial charge is 0.257 e. The van der Waals surface area contributed by atoms with Crippen LogP contribution in [0, 0.1) is 6.92 Å².